The molecule has 7 rings (SSSR count). The van der Waals surface area contributed by atoms with Crippen molar-refractivity contribution >= 4 is 17.1 Å². The molecule has 1 aliphatic rings. The lowest BCUT2D eigenvalue weighted by molar-refractivity contribution is 0.630. The molecule has 0 fully saturated rings. The van der Waals surface area contributed by atoms with Gasteiger partial charge in [-0.2, -0.15) is 0 Å². The van der Waals surface area contributed by atoms with Crippen LogP contribution in [0.4, 0.5) is 17.1 Å². The monoisotopic (exact) mass is 541 g/mol. The van der Waals surface area contributed by atoms with E-state index >= 15 is 0 Å². The SMILES string of the molecule is Cc1ccc(-c2cccc(-c3ccccc3)c2)cc1N1c2ccccc2C(C)(C)c2cccc(Cc3ccccc3)c21. The summed E-state index contributed by atoms with van der Waals surface area (Å²) in [6.07, 6.45) is 0.886. The van der Waals surface area contributed by atoms with Crippen LogP contribution in [0.1, 0.15) is 41.7 Å². The van der Waals surface area contributed by atoms with Gasteiger partial charge in [-0.15, -0.1) is 0 Å². The highest BCUT2D eigenvalue weighted by molar-refractivity contribution is 5.90. The topological polar surface area (TPSA) is 3.24 Å². The molecule has 0 atom stereocenters. The van der Waals surface area contributed by atoms with Crippen molar-refractivity contribution in [3.8, 4) is 22.3 Å². The number of fused-ring (bicyclic) bond motifs is 2. The molecule has 1 heterocycles. The predicted octanol–water partition coefficient (Wildman–Crippen LogP) is 11.0. The van der Waals surface area contributed by atoms with Gasteiger partial charge in [-0.05, 0) is 81.6 Å². The Labute approximate surface area is 249 Å². The number of anilines is 3. The second-order valence-electron chi connectivity index (χ2n) is 11.9. The molecule has 0 spiro atoms. The molecule has 42 heavy (non-hydrogen) atoms. The molecular formula is C41H35N. The summed E-state index contributed by atoms with van der Waals surface area (Å²) in [5, 5.41) is 0. The van der Waals surface area contributed by atoms with Crippen molar-refractivity contribution < 1.29 is 0 Å². The normalized spacial score (nSPS) is 13.4. The minimum Gasteiger partial charge on any atom is -0.309 e. The highest BCUT2D eigenvalue weighted by atomic mass is 15.2. The molecule has 6 aromatic carbocycles. The van der Waals surface area contributed by atoms with Gasteiger partial charge in [0.15, 0.2) is 0 Å². The number of hydrogen-bond donors (Lipinski definition) is 0. The number of rotatable bonds is 5. The molecule has 6 aromatic rings. The molecule has 1 heteroatoms. The van der Waals surface area contributed by atoms with Crippen LogP contribution < -0.4 is 4.90 Å². The van der Waals surface area contributed by atoms with Gasteiger partial charge in [0.05, 0.1) is 11.4 Å². The van der Waals surface area contributed by atoms with Crippen molar-refractivity contribution in [2.75, 3.05) is 4.90 Å². The first kappa shape index (κ1) is 26.0. The fourth-order valence-electron chi connectivity index (χ4n) is 6.57. The predicted molar refractivity (Wildman–Crippen MR) is 178 cm³/mol. The number of nitrogens with zero attached hydrogens (tertiary/aromatic N) is 1. The van der Waals surface area contributed by atoms with Crippen molar-refractivity contribution in [1.29, 1.82) is 0 Å². The van der Waals surface area contributed by atoms with Crippen LogP contribution >= 0.6 is 0 Å². The smallest absolute Gasteiger partial charge is 0.0538 e. The summed E-state index contributed by atoms with van der Waals surface area (Å²) in [6.45, 7) is 6.97. The molecule has 0 N–H and O–H groups in total. The molecule has 204 valence electrons. The van der Waals surface area contributed by atoms with Crippen molar-refractivity contribution in [2.45, 2.75) is 32.6 Å². The second-order valence-corrected chi connectivity index (χ2v) is 11.9. The number of benzene rings is 6. The van der Waals surface area contributed by atoms with E-state index < -0.39 is 0 Å². The summed E-state index contributed by atoms with van der Waals surface area (Å²) in [6, 6.07) is 53.1. The zero-order valence-corrected chi connectivity index (χ0v) is 24.5. The first-order valence-corrected chi connectivity index (χ1v) is 14.8. The first-order chi connectivity index (χ1) is 20.5. The van der Waals surface area contributed by atoms with Crippen molar-refractivity contribution in [3.63, 3.8) is 0 Å². The largest absolute Gasteiger partial charge is 0.309 e. The van der Waals surface area contributed by atoms with E-state index in [-0.39, 0.29) is 5.41 Å². The Morgan fingerprint density at radius 2 is 1.10 bits per heavy atom. The third-order valence-corrected chi connectivity index (χ3v) is 8.83. The van der Waals surface area contributed by atoms with Crippen LogP contribution in [0, 0.1) is 6.92 Å². The molecule has 0 saturated heterocycles. The summed E-state index contributed by atoms with van der Waals surface area (Å²) in [5.74, 6) is 0. The molecule has 1 nitrogen and oxygen atoms in total. The Balaban J connectivity index is 1.42. The molecule has 0 saturated carbocycles. The minimum atomic E-state index is -0.120. The van der Waals surface area contributed by atoms with Gasteiger partial charge in [-0.3, -0.25) is 0 Å². The number of para-hydroxylation sites is 2. The van der Waals surface area contributed by atoms with Crippen molar-refractivity contribution in [3.05, 3.63) is 173 Å². The Hall–Kier alpha value is -4.88. The summed E-state index contributed by atoms with van der Waals surface area (Å²) >= 11 is 0. The fourth-order valence-corrected chi connectivity index (χ4v) is 6.57. The van der Waals surface area contributed by atoms with Gasteiger partial charge < -0.3 is 4.90 Å². The van der Waals surface area contributed by atoms with E-state index in [4.69, 9.17) is 0 Å². The second kappa shape index (κ2) is 10.5. The third kappa shape index (κ3) is 4.52. The third-order valence-electron chi connectivity index (χ3n) is 8.83. The van der Waals surface area contributed by atoms with Gasteiger partial charge in [0.2, 0.25) is 0 Å². The molecule has 0 amide bonds. The lowest BCUT2D eigenvalue weighted by atomic mass is 9.72. The number of aryl methyl sites for hydroxylation is 1. The summed E-state index contributed by atoms with van der Waals surface area (Å²) in [4.78, 5) is 2.54. The molecule has 0 bridgehead atoms. The van der Waals surface area contributed by atoms with E-state index in [2.05, 4.69) is 171 Å². The molecule has 1 aliphatic heterocycles. The van der Waals surface area contributed by atoms with Gasteiger partial charge in [0, 0.05) is 11.1 Å². The summed E-state index contributed by atoms with van der Waals surface area (Å²) in [5.41, 5.74) is 15.2. The molecular weight excluding hydrogens is 506 g/mol. The van der Waals surface area contributed by atoms with Crippen LogP contribution in [0.2, 0.25) is 0 Å². The molecule has 0 unspecified atom stereocenters. The zero-order valence-electron chi connectivity index (χ0n) is 24.5. The van der Waals surface area contributed by atoms with E-state index in [0.717, 1.165) is 6.42 Å². The van der Waals surface area contributed by atoms with E-state index in [1.807, 2.05) is 0 Å². The zero-order chi connectivity index (χ0) is 28.7. The lowest BCUT2D eigenvalue weighted by Gasteiger charge is -2.43. The van der Waals surface area contributed by atoms with E-state index in [1.165, 1.54) is 67.1 Å². The van der Waals surface area contributed by atoms with Crippen LogP contribution in [0.15, 0.2) is 146 Å². The molecule has 0 radical (unpaired) electrons. The van der Waals surface area contributed by atoms with Gasteiger partial charge in [0.1, 0.15) is 0 Å². The Morgan fingerprint density at radius 1 is 0.500 bits per heavy atom. The fraction of sp³-hybridized carbons (Fsp3) is 0.122. The Kier molecular flexibility index (Phi) is 6.52. The Bertz CT molecular complexity index is 1880. The van der Waals surface area contributed by atoms with E-state index in [1.54, 1.807) is 0 Å². The van der Waals surface area contributed by atoms with Gasteiger partial charge in [0.25, 0.3) is 0 Å². The highest BCUT2D eigenvalue weighted by Crippen LogP contribution is 2.54. The Morgan fingerprint density at radius 3 is 1.88 bits per heavy atom. The number of hydrogen-bond acceptors (Lipinski definition) is 1. The minimum absolute atomic E-state index is 0.120. The van der Waals surface area contributed by atoms with Crippen LogP contribution in [0.5, 0.6) is 0 Å². The van der Waals surface area contributed by atoms with Gasteiger partial charge in [-0.25, -0.2) is 0 Å². The molecule has 0 aliphatic carbocycles. The average molecular weight is 542 g/mol. The quantitative estimate of drug-likeness (QED) is 0.210. The van der Waals surface area contributed by atoms with Crippen LogP contribution in [0.3, 0.4) is 0 Å². The van der Waals surface area contributed by atoms with Gasteiger partial charge in [-0.1, -0.05) is 141 Å². The lowest BCUT2D eigenvalue weighted by Crippen LogP contribution is -2.31. The van der Waals surface area contributed by atoms with Crippen molar-refractivity contribution in [2.24, 2.45) is 0 Å². The molecule has 0 aromatic heterocycles. The van der Waals surface area contributed by atoms with Crippen LogP contribution in [-0.4, -0.2) is 0 Å². The summed E-state index contributed by atoms with van der Waals surface area (Å²) in [7, 11) is 0. The van der Waals surface area contributed by atoms with E-state index in [9.17, 15) is 0 Å². The average Bonchev–Trinajstić information content (AvgIpc) is 3.03. The van der Waals surface area contributed by atoms with Crippen LogP contribution in [-0.2, 0) is 11.8 Å². The van der Waals surface area contributed by atoms with Gasteiger partial charge >= 0.3 is 0 Å². The van der Waals surface area contributed by atoms with E-state index in [0.29, 0.717) is 0 Å². The maximum atomic E-state index is 2.54. The summed E-state index contributed by atoms with van der Waals surface area (Å²) < 4.78 is 0. The maximum absolute atomic E-state index is 2.54. The highest BCUT2D eigenvalue weighted by Gasteiger charge is 2.38. The first-order valence-electron chi connectivity index (χ1n) is 14.8. The van der Waals surface area contributed by atoms with Crippen LogP contribution in [0.25, 0.3) is 22.3 Å². The van der Waals surface area contributed by atoms with Crippen molar-refractivity contribution in [1.82, 2.24) is 0 Å². The standard InChI is InChI=1S/C41H35N/c1-29-24-25-34(33-19-12-18-32(27-33)31-16-8-5-9-17-31)28-39(29)42-38-23-11-10-21-36(38)41(2,3)37-22-13-20-35(40(37)42)26-30-14-6-4-7-15-30/h4-25,27-28H,26H2,1-3H3. The maximum Gasteiger partial charge on any atom is 0.0538 e.